The van der Waals surface area contributed by atoms with Gasteiger partial charge >= 0.3 is 0 Å². The average molecular weight is 241 g/mol. The lowest BCUT2D eigenvalue weighted by molar-refractivity contribution is -0.127. The van der Waals surface area contributed by atoms with Gasteiger partial charge in [-0.1, -0.05) is 12.8 Å². The van der Waals surface area contributed by atoms with Crippen LogP contribution in [0, 0.1) is 0 Å². The van der Waals surface area contributed by atoms with E-state index < -0.39 is 11.6 Å². The number of aliphatic hydroxyl groups is 1. The third kappa shape index (κ3) is 3.17. The van der Waals surface area contributed by atoms with Crippen molar-refractivity contribution >= 4 is 11.8 Å². The van der Waals surface area contributed by atoms with E-state index in [1.165, 1.54) is 0 Å². The van der Waals surface area contributed by atoms with Gasteiger partial charge in [0.05, 0.1) is 12.1 Å². The van der Waals surface area contributed by atoms with Crippen molar-refractivity contribution in [2.24, 2.45) is 0 Å². The Morgan fingerprint density at radius 2 is 2.18 bits per heavy atom. The highest BCUT2D eigenvalue weighted by atomic mass is 16.3. The molecule has 1 aliphatic heterocycles. The van der Waals surface area contributed by atoms with E-state index in [-0.39, 0.29) is 18.4 Å². The summed E-state index contributed by atoms with van der Waals surface area (Å²) in [4.78, 5) is 22.7. The normalized spacial score (nSPS) is 27.6. The molecular weight excluding hydrogens is 222 g/mol. The van der Waals surface area contributed by atoms with E-state index in [2.05, 4.69) is 16.0 Å². The Bertz CT molecular complexity index is 303. The SMILES string of the molecule is O=C1CNC(C(=O)NCC2(O)CCCC2)CN1. The van der Waals surface area contributed by atoms with Crippen LogP contribution in [0.5, 0.6) is 0 Å². The van der Waals surface area contributed by atoms with Crippen molar-refractivity contribution in [3.05, 3.63) is 0 Å². The van der Waals surface area contributed by atoms with E-state index >= 15 is 0 Å². The summed E-state index contributed by atoms with van der Waals surface area (Å²) >= 11 is 0. The number of piperazine rings is 1. The third-order valence-electron chi connectivity index (χ3n) is 3.45. The predicted octanol–water partition coefficient (Wildman–Crippen LogP) is -1.50. The van der Waals surface area contributed by atoms with Gasteiger partial charge in [0.25, 0.3) is 0 Å². The first kappa shape index (κ1) is 12.3. The zero-order valence-corrected chi connectivity index (χ0v) is 9.79. The molecule has 6 heteroatoms. The molecule has 0 bridgehead atoms. The number of hydrogen-bond donors (Lipinski definition) is 4. The molecule has 1 heterocycles. The van der Waals surface area contributed by atoms with Crippen molar-refractivity contribution in [3.63, 3.8) is 0 Å². The maximum atomic E-state index is 11.8. The van der Waals surface area contributed by atoms with Crippen LogP contribution in [-0.2, 0) is 9.59 Å². The van der Waals surface area contributed by atoms with Gasteiger partial charge in [-0.2, -0.15) is 0 Å². The molecular formula is C11H19N3O3. The largest absolute Gasteiger partial charge is 0.388 e. The molecule has 4 N–H and O–H groups in total. The van der Waals surface area contributed by atoms with Crippen molar-refractivity contribution in [2.75, 3.05) is 19.6 Å². The Balaban J connectivity index is 1.75. The second kappa shape index (κ2) is 5.01. The summed E-state index contributed by atoms with van der Waals surface area (Å²) in [5.41, 5.74) is -0.729. The van der Waals surface area contributed by atoms with E-state index in [9.17, 15) is 14.7 Å². The minimum absolute atomic E-state index is 0.0940. The van der Waals surface area contributed by atoms with Gasteiger partial charge in [-0.3, -0.25) is 14.9 Å². The Morgan fingerprint density at radius 1 is 1.47 bits per heavy atom. The van der Waals surface area contributed by atoms with Crippen molar-refractivity contribution in [3.8, 4) is 0 Å². The molecule has 17 heavy (non-hydrogen) atoms. The van der Waals surface area contributed by atoms with Crippen LogP contribution < -0.4 is 16.0 Å². The lowest BCUT2D eigenvalue weighted by Crippen LogP contribution is -2.59. The van der Waals surface area contributed by atoms with Crippen LogP contribution in [0.2, 0.25) is 0 Å². The van der Waals surface area contributed by atoms with Gasteiger partial charge in [-0.15, -0.1) is 0 Å². The molecule has 1 saturated carbocycles. The first-order valence-corrected chi connectivity index (χ1v) is 6.09. The van der Waals surface area contributed by atoms with Gasteiger partial charge in [-0.25, -0.2) is 0 Å². The van der Waals surface area contributed by atoms with Crippen molar-refractivity contribution < 1.29 is 14.7 Å². The smallest absolute Gasteiger partial charge is 0.239 e. The molecule has 96 valence electrons. The fraction of sp³-hybridized carbons (Fsp3) is 0.818. The summed E-state index contributed by atoms with van der Waals surface area (Å²) in [6.45, 7) is 0.781. The van der Waals surface area contributed by atoms with E-state index in [4.69, 9.17) is 0 Å². The summed E-state index contributed by atoms with van der Waals surface area (Å²) in [5, 5.41) is 18.3. The summed E-state index contributed by atoms with van der Waals surface area (Å²) in [5.74, 6) is -0.256. The lowest BCUT2D eigenvalue weighted by atomic mass is 10.0. The zero-order chi connectivity index (χ0) is 12.3. The van der Waals surface area contributed by atoms with Gasteiger partial charge in [-0.05, 0) is 12.8 Å². The van der Waals surface area contributed by atoms with Crippen molar-refractivity contribution in [1.82, 2.24) is 16.0 Å². The van der Waals surface area contributed by atoms with Gasteiger partial charge in [0.15, 0.2) is 0 Å². The van der Waals surface area contributed by atoms with Gasteiger partial charge in [0, 0.05) is 13.1 Å². The fourth-order valence-corrected chi connectivity index (χ4v) is 2.34. The Kier molecular flexibility index (Phi) is 3.63. The molecule has 2 fully saturated rings. The summed E-state index contributed by atoms with van der Waals surface area (Å²) < 4.78 is 0. The van der Waals surface area contributed by atoms with Crippen LogP contribution in [-0.4, -0.2) is 48.2 Å². The average Bonchev–Trinajstić information content (AvgIpc) is 2.75. The monoisotopic (exact) mass is 241 g/mol. The fourth-order valence-electron chi connectivity index (χ4n) is 2.34. The highest BCUT2D eigenvalue weighted by Crippen LogP contribution is 2.28. The van der Waals surface area contributed by atoms with Crippen LogP contribution in [0.25, 0.3) is 0 Å². The molecule has 1 aliphatic carbocycles. The minimum Gasteiger partial charge on any atom is -0.388 e. The number of carbonyl (C=O) groups excluding carboxylic acids is 2. The Labute approximate surface area is 100 Å². The maximum Gasteiger partial charge on any atom is 0.239 e. The highest BCUT2D eigenvalue weighted by Gasteiger charge is 2.32. The molecule has 1 unspecified atom stereocenters. The standard InChI is InChI=1S/C11H19N3O3/c15-9-6-12-8(5-13-9)10(16)14-7-11(17)3-1-2-4-11/h8,12,17H,1-7H2,(H,13,15)(H,14,16). The summed E-state index contributed by atoms with van der Waals surface area (Å²) in [6.07, 6.45) is 3.54. The number of nitrogens with one attached hydrogen (secondary N) is 3. The molecule has 0 aromatic rings. The van der Waals surface area contributed by atoms with Gasteiger partial charge < -0.3 is 15.7 Å². The second-order valence-electron chi connectivity index (χ2n) is 4.89. The van der Waals surface area contributed by atoms with Crippen LogP contribution in [0.4, 0.5) is 0 Å². The molecule has 0 aromatic heterocycles. The zero-order valence-electron chi connectivity index (χ0n) is 9.79. The first-order valence-electron chi connectivity index (χ1n) is 6.09. The van der Waals surface area contributed by atoms with Crippen molar-refractivity contribution in [2.45, 2.75) is 37.3 Å². The number of rotatable bonds is 3. The second-order valence-corrected chi connectivity index (χ2v) is 4.89. The summed E-state index contributed by atoms with van der Waals surface area (Å²) in [6, 6.07) is -0.391. The molecule has 0 spiro atoms. The van der Waals surface area contributed by atoms with E-state index in [0.717, 1.165) is 25.7 Å². The predicted molar refractivity (Wildman–Crippen MR) is 61.2 cm³/mol. The highest BCUT2D eigenvalue weighted by molar-refractivity contribution is 5.86. The first-order chi connectivity index (χ1) is 8.09. The van der Waals surface area contributed by atoms with Crippen LogP contribution in [0.3, 0.4) is 0 Å². The quantitative estimate of drug-likeness (QED) is 0.484. The van der Waals surface area contributed by atoms with Crippen LogP contribution in [0.1, 0.15) is 25.7 Å². The molecule has 0 aromatic carbocycles. The third-order valence-corrected chi connectivity index (χ3v) is 3.45. The van der Waals surface area contributed by atoms with Crippen LogP contribution >= 0.6 is 0 Å². The van der Waals surface area contributed by atoms with E-state index in [0.29, 0.717) is 13.1 Å². The molecule has 2 rings (SSSR count). The topological polar surface area (TPSA) is 90.5 Å². The summed E-state index contributed by atoms with van der Waals surface area (Å²) in [7, 11) is 0. The molecule has 2 amide bonds. The van der Waals surface area contributed by atoms with E-state index in [1.807, 2.05) is 0 Å². The molecule has 2 aliphatic rings. The Hall–Kier alpha value is -1.14. The van der Waals surface area contributed by atoms with E-state index in [1.54, 1.807) is 0 Å². The Morgan fingerprint density at radius 3 is 2.76 bits per heavy atom. The van der Waals surface area contributed by atoms with Gasteiger partial charge in [0.2, 0.25) is 11.8 Å². The molecule has 1 saturated heterocycles. The molecule has 1 atom stereocenters. The molecule has 0 radical (unpaired) electrons. The van der Waals surface area contributed by atoms with Crippen LogP contribution in [0.15, 0.2) is 0 Å². The minimum atomic E-state index is -0.729. The van der Waals surface area contributed by atoms with Gasteiger partial charge in [0.1, 0.15) is 6.04 Å². The number of amides is 2. The van der Waals surface area contributed by atoms with Crippen molar-refractivity contribution in [1.29, 1.82) is 0 Å². The number of hydrogen-bond acceptors (Lipinski definition) is 4. The maximum absolute atomic E-state index is 11.8. The lowest BCUT2D eigenvalue weighted by Gasteiger charge is -2.26. The molecule has 6 nitrogen and oxygen atoms in total. The number of carbonyl (C=O) groups is 2.